The summed E-state index contributed by atoms with van der Waals surface area (Å²) < 4.78 is 53.0. The molecule has 0 bridgehead atoms. The molecule has 2 rings (SSSR count). The first-order valence-electron chi connectivity index (χ1n) is 8.63. The number of sulfonamides is 1. The Morgan fingerprint density at radius 1 is 1.00 bits per heavy atom. The summed E-state index contributed by atoms with van der Waals surface area (Å²) >= 11 is 0. The van der Waals surface area contributed by atoms with E-state index in [0.717, 1.165) is 16.4 Å². The van der Waals surface area contributed by atoms with E-state index in [0.29, 0.717) is 16.7 Å². The van der Waals surface area contributed by atoms with Crippen molar-refractivity contribution in [2.45, 2.75) is 31.7 Å². The molecule has 5 nitrogen and oxygen atoms in total. The summed E-state index contributed by atoms with van der Waals surface area (Å²) in [4.78, 5) is 14.4. The summed E-state index contributed by atoms with van der Waals surface area (Å²) in [6.07, 6.45) is 0. The molecule has 8 heteroatoms. The molecule has 0 saturated carbocycles. The highest BCUT2D eigenvalue weighted by atomic mass is 32.2. The first-order valence-corrected chi connectivity index (χ1v) is 10.1. The number of carbonyl (C=O) groups is 1. The van der Waals surface area contributed by atoms with Crippen LogP contribution in [0.3, 0.4) is 0 Å². The molecule has 2 aromatic carbocycles. The topological polar surface area (TPSA) is 57.7 Å². The minimum atomic E-state index is -3.72. The molecule has 0 heterocycles. The van der Waals surface area contributed by atoms with Gasteiger partial charge >= 0.3 is 0 Å². The van der Waals surface area contributed by atoms with Crippen LogP contribution in [0.5, 0.6) is 0 Å². The predicted molar refractivity (Wildman–Crippen MR) is 104 cm³/mol. The van der Waals surface area contributed by atoms with Crippen molar-refractivity contribution in [3.63, 3.8) is 0 Å². The van der Waals surface area contributed by atoms with Gasteiger partial charge in [0.25, 0.3) is 5.91 Å². The Morgan fingerprint density at radius 3 is 2.14 bits per heavy atom. The molecule has 0 fully saturated rings. The molecule has 0 N–H and O–H groups in total. The van der Waals surface area contributed by atoms with Crippen LogP contribution >= 0.6 is 0 Å². The Kier molecular flexibility index (Phi) is 6.25. The van der Waals surface area contributed by atoms with Crippen molar-refractivity contribution in [1.29, 1.82) is 0 Å². The van der Waals surface area contributed by atoms with E-state index in [1.807, 2.05) is 0 Å². The number of amides is 1. The van der Waals surface area contributed by atoms with E-state index in [2.05, 4.69) is 0 Å². The normalized spacial score (nSPS) is 12.9. The lowest BCUT2D eigenvalue weighted by atomic mass is 10.0. The molecule has 0 radical (unpaired) electrons. The van der Waals surface area contributed by atoms with Gasteiger partial charge in [-0.25, -0.2) is 21.5 Å². The summed E-state index contributed by atoms with van der Waals surface area (Å²) in [5, 5.41) is 0. The van der Waals surface area contributed by atoms with Gasteiger partial charge in [0.05, 0.1) is 10.9 Å². The van der Waals surface area contributed by atoms with Crippen LogP contribution in [0.4, 0.5) is 8.78 Å². The summed E-state index contributed by atoms with van der Waals surface area (Å²) in [7, 11) is 0.661. The summed E-state index contributed by atoms with van der Waals surface area (Å²) in [6, 6.07) is 5.91. The number of halogens is 2. The van der Waals surface area contributed by atoms with Crippen LogP contribution in [0.1, 0.15) is 40.0 Å². The van der Waals surface area contributed by atoms with Gasteiger partial charge in [0.1, 0.15) is 0 Å². The van der Waals surface area contributed by atoms with Crippen molar-refractivity contribution in [3.05, 3.63) is 64.2 Å². The van der Waals surface area contributed by atoms with Gasteiger partial charge in [-0.3, -0.25) is 4.79 Å². The lowest BCUT2D eigenvalue weighted by molar-refractivity contribution is 0.0742. The Hall–Kier alpha value is -2.32. The van der Waals surface area contributed by atoms with E-state index in [4.69, 9.17) is 0 Å². The standard InChI is InChI=1S/C20H24F2N2O3S/c1-12-9-16(11-19(13(12)2)28(26,27)23(4)5)20(25)24(6)14(3)15-7-8-17(21)18(22)10-15/h7-11,14H,1-6H3. The molecule has 0 aliphatic rings. The lowest BCUT2D eigenvalue weighted by Gasteiger charge is -2.26. The number of benzene rings is 2. The molecule has 0 aromatic heterocycles. The van der Waals surface area contributed by atoms with E-state index >= 15 is 0 Å². The first-order chi connectivity index (χ1) is 12.9. The van der Waals surface area contributed by atoms with Gasteiger partial charge in [0.15, 0.2) is 11.6 Å². The van der Waals surface area contributed by atoms with E-state index in [1.54, 1.807) is 26.8 Å². The van der Waals surface area contributed by atoms with Crippen LogP contribution in [0.25, 0.3) is 0 Å². The zero-order valence-electron chi connectivity index (χ0n) is 16.7. The molecule has 28 heavy (non-hydrogen) atoms. The van der Waals surface area contributed by atoms with Gasteiger partial charge in [0, 0.05) is 26.7 Å². The molecule has 152 valence electrons. The Bertz CT molecular complexity index is 1020. The average Bonchev–Trinajstić information content (AvgIpc) is 2.63. The van der Waals surface area contributed by atoms with Crippen LogP contribution in [0, 0.1) is 25.5 Å². The summed E-state index contributed by atoms with van der Waals surface area (Å²) in [6.45, 7) is 5.11. The fourth-order valence-electron chi connectivity index (χ4n) is 2.79. The fourth-order valence-corrected chi connectivity index (χ4v) is 4.01. The third-order valence-corrected chi connectivity index (χ3v) is 6.89. The second-order valence-electron chi connectivity index (χ2n) is 6.97. The minimum Gasteiger partial charge on any atom is -0.335 e. The number of rotatable bonds is 5. The average molecular weight is 410 g/mol. The van der Waals surface area contributed by atoms with Gasteiger partial charge in [-0.05, 0) is 61.7 Å². The number of nitrogens with zero attached hydrogens (tertiary/aromatic N) is 2. The van der Waals surface area contributed by atoms with Crippen LogP contribution in [-0.2, 0) is 10.0 Å². The number of hydrogen-bond donors (Lipinski definition) is 0. The lowest BCUT2D eigenvalue weighted by Crippen LogP contribution is -2.30. The number of carbonyl (C=O) groups excluding carboxylic acids is 1. The number of aryl methyl sites for hydroxylation is 1. The van der Waals surface area contributed by atoms with Gasteiger partial charge in [-0.1, -0.05) is 6.07 Å². The Labute approximate surface area is 164 Å². The highest BCUT2D eigenvalue weighted by Gasteiger charge is 2.25. The second-order valence-corrected chi connectivity index (χ2v) is 9.09. The maximum absolute atomic E-state index is 13.5. The summed E-state index contributed by atoms with van der Waals surface area (Å²) in [5.74, 6) is -2.37. The fraction of sp³-hybridized carbons (Fsp3) is 0.350. The molecule has 0 aliphatic heterocycles. The molecule has 1 atom stereocenters. The molecule has 0 spiro atoms. The van der Waals surface area contributed by atoms with E-state index in [1.165, 1.54) is 38.2 Å². The zero-order valence-corrected chi connectivity index (χ0v) is 17.6. The summed E-state index contributed by atoms with van der Waals surface area (Å²) in [5.41, 5.74) is 1.88. The van der Waals surface area contributed by atoms with Crippen molar-refractivity contribution in [2.75, 3.05) is 21.1 Å². The van der Waals surface area contributed by atoms with Crippen LogP contribution < -0.4 is 0 Å². The Balaban J connectivity index is 2.45. The molecule has 0 saturated heterocycles. The highest BCUT2D eigenvalue weighted by molar-refractivity contribution is 7.89. The molecule has 1 amide bonds. The third kappa shape index (κ3) is 4.07. The third-order valence-electron chi connectivity index (χ3n) is 4.95. The van der Waals surface area contributed by atoms with Gasteiger partial charge < -0.3 is 4.90 Å². The highest BCUT2D eigenvalue weighted by Crippen LogP contribution is 2.27. The van der Waals surface area contributed by atoms with E-state index < -0.39 is 33.6 Å². The van der Waals surface area contributed by atoms with Crippen LogP contribution in [0.2, 0.25) is 0 Å². The van der Waals surface area contributed by atoms with E-state index in [-0.39, 0.29) is 10.5 Å². The molecule has 2 aromatic rings. The molecule has 1 unspecified atom stereocenters. The van der Waals surface area contributed by atoms with Gasteiger partial charge in [-0.15, -0.1) is 0 Å². The van der Waals surface area contributed by atoms with Crippen molar-refractivity contribution in [3.8, 4) is 0 Å². The minimum absolute atomic E-state index is 0.0646. The van der Waals surface area contributed by atoms with Crippen LogP contribution in [0.15, 0.2) is 35.2 Å². The largest absolute Gasteiger partial charge is 0.335 e. The Morgan fingerprint density at radius 2 is 1.61 bits per heavy atom. The predicted octanol–water partition coefficient (Wildman–Crippen LogP) is 3.67. The quantitative estimate of drug-likeness (QED) is 0.756. The SMILES string of the molecule is Cc1cc(C(=O)N(C)C(C)c2ccc(F)c(F)c2)cc(S(=O)(=O)N(C)C)c1C. The van der Waals surface area contributed by atoms with Crippen molar-refractivity contribution in [2.24, 2.45) is 0 Å². The molecular weight excluding hydrogens is 386 g/mol. The maximum Gasteiger partial charge on any atom is 0.254 e. The van der Waals surface area contributed by atoms with Gasteiger partial charge in [-0.2, -0.15) is 0 Å². The molecule has 0 aliphatic carbocycles. The van der Waals surface area contributed by atoms with E-state index in [9.17, 15) is 22.0 Å². The monoisotopic (exact) mass is 410 g/mol. The van der Waals surface area contributed by atoms with Crippen molar-refractivity contribution in [1.82, 2.24) is 9.21 Å². The number of hydrogen-bond acceptors (Lipinski definition) is 3. The van der Waals surface area contributed by atoms with Gasteiger partial charge in [0.2, 0.25) is 10.0 Å². The molecular formula is C20H24F2N2O3S. The zero-order chi connectivity index (χ0) is 21.4. The van der Waals surface area contributed by atoms with Crippen LogP contribution in [-0.4, -0.2) is 44.7 Å². The maximum atomic E-state index is 13.5. The first kappa shape index (κ1) is 22.0. The van der Waals surface area contributed by atoms with Crippen molar-refractivity contribution < 1.29 is 22.0 Å². The second kappa shape index (κ2) is 7.97. The van der Waals surface area contributed by atoms with Crippen molar-refractivity contribution >= 4 is 15.9 Å². The smallest absolute Gasteiger partial charge is 0.254 e.